The van der Waals surface area contributed by atoms with Gasteiger partial charge < -0.3 is 9.13 Å². The number of carbonyl (C=O) groups is 1. The van der Waals surface area contributed by atoms with Crippen LogP contribution in [-0.4, -0.2) is 19.9 Å². The average molecular weight is 264 g/mol. The Morgan fingerprint density at radius 1 is 1.39 bits per heavy atom. The lowest BCUT2D eigenvalue weighted by Crippen LogP contribution is -2.07. The number of halogens is 1. The normalized spacial score (nSPS) is 14.9. The molecule has 94 valence electrons. The first-order chi connectivity index (χ1) is 8.65. The van der Waals surface area contributed by atoms with Crippen molar-refractivity contribution in [1.82, 2.24) is 14.1 Å². The summed E-state index contributed by atoms with van der Waals surface area (Å²) >= 11 is 5.96. The molecule has 0 saturated carbocycles. The maximum absolute atomic E-state index is 11.8. The Morgan fingerprint density at radius 3 is 2.89 bits per heavy atom. The molecule has 18 heavy (non-hydrogen) atoms. The number of imidazole rings is 1. The van der Waals surface area contributed by atoms with Gasteiger partial charge in [0.05, 0.1) is 12.7 Å². The van der Waals surface area contributed by atoms with Gasteiger partial charge in [0, 0.05) is 31.4 Å². The zero-order chi connectivity index (χ0) is 12.7. The Balaban J connectivity index is 1.90. The lowest BCUT2D eigenvalue weighted by Gasteiger charge is -2.07. The highest BCUT2D eigenvalue weighted by Crippen LogP contribution is 2.22. The number of aryl methyl sites for hydroxylation is 1. The van der Waals surface area contributed by atoms with Crippen LogP contribution < -0.4 is 0 Å². The zero-order valence-corrected chi connectivity index (χ0v) is 10.9. The Hall–Kier alpha value is -1.55. The van der Waals surface area contributed by atoms with Gasteiger partial charge in [-0.05, 0) is 18.4 Å². The second kappa shape index (κ2) is 4.28. The van der Waals surface area contributed by atoms with E-state index >= 15 is 0 Å². The molecule has 3 rings (SSSR count). The molecular weight excluding hydrogens is 250 g/mol. The summed E-state index contributed by atoms with van der Waals surface area (Å²) < 4.78 is 3.87. The summed E-state index contributed by atoms with van der Waals surface area (Å²) in [6.07, 6.45) is 8.25. The van der Waals surface area contributed by atoms with Crippen molar-refractivity contribution in [3.8, 4) is 0 Å². The van der Waals surface area contributed by atoms with Crippen molar-refractivity contribution in [2.75, 3.05) is 0 Å². The standard InChI is InChI=1S/C13H14ClN3O/c1-16-12(14)5-15-13(16)8-17-6-9-3-2-4-11(18)10(9)7-17/h5-7H,2-4,8H2,1H3. The van der Waals surface area contributed by atoms with Crippen molar-refractivity contribution in [2.45, 2.75) is 25.8 Å². The van der Waals surface area contributed by atoms with Gasteiger partial charge in [-0.1, -0.05) is 11.6 Å². The van der Waals surface area contributed by atoms with Gasteiger partial charge in [0.1, 0.15) is 11.0 Å². The molecule has 0 aromatic carbocycles. The van der Waals surface area contributed by atoms with E-state index in [1.807, 2.05) is 22.4 Å². The summed E-state index contributed by atoms with van der Waals surface area (Å²) in [5.41, 5.74) is 2.04. The first kappa shape index (κ1) is 11.5. The van der Waals surface area contributed by atoms with E-state index < -0.39 is 0 Å². The molecule has 0 aliphatic heterocycles. The van der Waals surface area contributed by atoms with Gasteiger partial charge >= 0.3 is 0 Å². The van der Waals surface area contributed by atoms with Gasteiger partial charge in [-0.25, -0.2) is 4.98 Å². The Bertz CT molecular complexity index is 612. The molecule has 2 aromatic rings. The number of carbonyl (C=O) groups excluding carboxylic acids is 1. The van der Waals surface area contributed by atoms with Gasteiger partial charge in [0.25, 0.3) is 0 Å². The number of rotatable bonds is 2. The summed E-state index contributed by atoms with van der Waals surface area (Å²) in [5, 5.41) is 0.623. The summed E-state index contributed by atoms with van der Waals surface area (Å²) in [4.78, 5) is 16.0. The highest BCUT2D eigenvalue weighted by Gasteiger charge is 2.19. The Kier molecular flexibility index (Phi) is 2.74. The molecule has 0 bridgehead atoms. The van der Waals surface area contributed by atoms with Crippen LogP contribution in [0.4, 0.5) is 0 Å². The van der Waals surface area contributed by atoms with E-state index in [-0.39, 0.29) is 5.78 Å². The minimum Gasteiger partial charge on any atom is -0.346 e. The van der Waals surface area contributed by atoms with E-state index in [4.69, 9.17) is 11.6 Å². The van der Waals surface area contributed by atoms with E-state index in [9.17, 15) is 4.79 Å². The predicted molar refractivity (Wildman–Crippen MR) is 69.0 cm³/mol. The molecule has 4 nitrogen and oxygen atoms in total. The van der Waals surface area contributed by atoms with E-state index in [0.717, 1.165) is 29.8 Å². The highest BCUT2D eigenvalue weighted by atomic mass is 35.5. The van der Waals surface area contributed by atoms with E-state index in [1.54, 1.807) is 6.20 Å². The predicted octanol–water partition coefficient (Wildman–Crippen LogP) is 2.44. The summed E-state index contributed by atoms with van der Waals surface area (Å²) in [7, 11) is 1.89. The van der Waals surface area contributed by atoms with Crippen molar-refractivity contribution in [3.05, 3.63) is 40.7 Å². The molecule has 0 N–H and O–H groups in total. The summed E-state index contributed by atoms with van der Waals surface area (Å²) in [5.74, 6) is 1.15. The zero-order valence-electron chi connectivity index (χ0n) is 10.2. The first-order valence-corrected chi connectivity index (χ1v) is 6.41. The molecule has 2 aromatic heterocycles. The van der Waals surface area contributed by atoms with E-state index in [2.05, 4.69) is 11.2 Å². The van der Waals surface area contributed by atoms with E-state index in [1.165, 1.54) is 0 Å². The van der Waals surface area contributed by atoms with Crippen molar-refractivity contribution in [1.29, 1.82) is 0 Å². The van der Waals surface area contributed by atoms with Crippen molar-refractivity contribution >= 4 is 17.4 Å². The molecule has 0 spiro atoms. The summed E-state index contributed by atoms with van der Waals surface area (Å²) in [6.45, 7) is 0.642. The monoisotopic (exact) mass is 263 g/mol. The molecule has 1 aliphatic carbocycles. The third-order valence-corrected chi connectivity index (χ3v) is 3.82. The molecule has 0 atom stereocenters. The lowest BCUT2D eigenvalue weighted by molar-refractivity contribution is 0.0973. The third kappa shape index (κ3) is 1.86. The SMILES string of the molecule is Cn1c(Cl)cnc1Cn1cc2c(c1)C(=O)CCC2. The fraction of sp³-hybridized carbons (Fsp3) is 0.385. The minimum absolute atomic E-state index is 0.257. The molecule has 2 heterocycles. The van der Waals surface area contributed by atoms with Gasteiger partial charge in [-0.3, -0.25) is 4.79 Å². The van der Waals surface area contributed by atoms with Gasteiger partial charge in [-0.2, -0.15) is 0 Å². The maximum atomic E-state index is 11.8. The Morgan fingerprint density at radius 2 is 2.22 bits per heavy atom. The fourth-order valence-corrected chi connectivity index (χ4v) is 2.55. The lowest BCUT2D eigenvalue weighted by atomic mass is 9.95. The van der Waals surface area contributed by atoms with Crippen molar-refractivity contribution in [2.24, 2.45) is 7.05 Å². The highest BCUT2D eigenvalue weighted by molar-refractivity contribution is 6.29. The topological polar surface area (TPSA) is 39.8 Å². The number of hydrogen-bond donors (Lipinski definition) is 0. The third-order valence-electron chi connectivity index (χ3n) is 3.46. The van der Waals surface area contributed by atoms with Gasteiger partial charge in [0.2, 0.25) is 0 Å². The van der Waals surface area contributed by atoms with Crippen LogP contribution in [0.15, 0.2) is 18.6 Å². The molecule has 1 aliphatic rings. The van der Waals surface area contributed by atoms with Crippen LogP contribution in [-0.2, 0) is 20.0 Å². The van der Waals surface area contributed by atoms with Crippen LogP contribution in [0.5, 0.6) is 0 Å². The van der Waals surface area contributed by atoms with Crippen molar-refractivity contribution in [3.63, 3.8) is 0 Å². The molecule has 0 fully saturated rings. The largest absolute Gasteiger partial charge is 0.346 e. The van der Waals surface area contributed by atoms with Crippen LogP contribution in [0.3, 0.4) is 0 Å². The van der Waals surface area contributed by atoms with Crippen molar-refractivity contribution < 1.29 is 4.79 Å². The van der Waals surface area contributed by atoms with E-state index in [0.29, 0.717) is 18.1 Å². The molecule has 0 saturated heterocycles. The number of fused-ring (bicyclic) bond motifs is 1. The molecule has 0 amide bonds. The van der Waals surface area contributed by atoms with Gasteiger partial charge in [0.15, 0.2) is 5.78 Å². The number of aromatic nitrogens is 3. The van der Waals surface area contributed by atoms with Crippen LogP contribution in [0.1, 0.15) is 34.6 Å². The average Bonchev–Trinajstić information content (AvgIpc) is 2.89. The minimum atomic E-state index is 0.257. The number of Topliss-reactive ketones (excluding diaryl/α,β-unsaturated/α-hetero) is 1. The maximum Gasteiger partial charge on any atom is 0.164 e. The molecule has 0 radical (unpaired) electrons. The number of ketones is 1. The first-order valence-electron chi connectivity index (χ1n) is 6.03. The molecule has 5 heteroatoms. The Labute approximate surface area is 110 Å². The molecular formula is C13H14ClN3O. The number of hydrogen-bond acceptors (Lipinski definition) is 2. The smallest absolute Gasteiger partial charge is 0.164 e. The number of nitrogens with zero attached hydrogens (tertiary/aromatic N) is 3. The van der Waals surface area contributed by atoms with Crippen LogP contribution in [0, 0.1) is 0 Å². The molecule has 0 unspecified atom stereocenters. The van der Waals surface area contributed by atoms with Crippen LogP contribution >= 0.6 is 11.6 Å². The van der Waals surface area contributed by atoms with Gasteiger partial charge in [-0.15, -0.1) is 0 Å². The van der Waals surface area contributed by atoms with Crippen LogP contribution in [0.25, 0.3) is 0 Å². The second-order valence-corrected chi connectivity index (χ2v) is 5.09. The fourth-order valence-electron chi connectivity index (χ4n) is 2.41. The second-order valence-electron chi connectivity index (χ2n) is 4.70. The quantitative estimate of drug-likeness (QED) is 0.835. The summed E-state index contributed by atoms with van der Waals surface area (Å²) in [6, 6.07) is 0. The van der Waals surface area contributed by atoms with Crippen LogP contribution in [0.2, 0.25) is 5.15 Å².